The van der Waals surface area contributed by atoms with E-state index in [4.69, 9.17) is 14.0 Å². The van der Waals surface area contributed by atoms with E-state index in [1.54, 1.807) is 7.11 Å². The maximum atomic E-state index is 13.0. The number of methoxy groups -OCH3 is 1. The second-order valence-corrected chi connectivity index (χ2v) is 7.14. The van der Waals surface area contributed by atoms with Gasteiger partial charge in [-0.1, -0.05) is 23.4 Å². The van der Waals surface area contributed by atoms with E-state index in [1.807, 2.05) is 4.90 Å². The first-order chi connectivity index (χ1) is 13.2. The highest BCUT2D eigenvalue weighted by Gasteiger charge is 2.32. The van der Waals surface area contributed by atoms with E-state index in [2.05, 4.69) is 28.3 Å². The topological polar surface area (TPSA) is 77.7 Å². The summed E-state index contributed by atoms with van der Waals surface area (Å²) in [5, 5.41) is 4.02. The summed E-state index contributed by atoms with van der Waals surface area (Å²) in [5.41, 5.74) is 3.89. The molecule has 1 aromatic carbocycles. The maximum Gasteiger partial charge on any atom is 0.252 e. The molecule has 144 valence electrons. The van der Waals surface area contributed by atoms with Crippen LogP contribution in [-0.2, 0) is 40.1 Å². The fourth-order valence-corrected chi connectivity index (χ4v) is 3.87. The standard InChI is InChI=1S/C20H25N3O4/c1-25-13-18-21-20(22-27-18)17-12-26-9-8-23(17)19(24)11-14-6-7-15-4-2-3-5-16(15)10-14/h6-7,10,17H,2-5,8-9,11-13H2,1H3/t17-/m1/s1. The van der Waals surface area contributed by atoms with Crippen LogP contribution >= 0.6 is 0 Å². The van der Waals surface area contributed by atoms with Crippen LogP contribution in [0.5, 0.6) is 0 Å². The van der Waals surface area contributed by atoms with Crippen molar-refractivity contribution < 1.29 is 18.8 Å². The molecule has 1 atom stereocenters. The molecule has 1 saturated heterocycles. The zero-order valence-electron chi connectivity index (χ0n) is 15.6. The number of carbonyl (C=O) groups excluding carboxylic acids is 1. The Morgan fingerprint density at radius 1 is 1.30 bits per heavy atom. The highest BCUT2D eigenvalue weighted by Crippen LogP contribution is 2.25. The molecule has 2 aromatic rings. The Bertz CT molecular complexity index is 804. The fraction of sp³-hybridized carbons (Fsp3) is 0.550. The number of benzene rings is 1. The lowest BCUT2D eigenvalue weighted by atomic mass is 9.90. The lowest BCUT2D eigenvalue weighted by Gasteiger charge is -2.33. The number of amides is 1. The van der Waals surface area contributed by atoms with Gasteiger partial charge >= 0.3 is 0 Å². The summed E-state index contributed by atoms with van der Waals surface area (Å²) in [6, 6.07) is 6.15. The van der Waals surface area contributed by atoms with Crippen molar-refractivity contribution in [2.45, 2.75) is 44.8 Å². The summed E-state index contributed by atoms with van der Waals surface area (Å²) in [5.74, 6) is 0.942. The lowest BCUT2D eigenvalue weighted by molar-refractivity contribution is -0.139. The van der Waals surface area contributed by atoms with Gasteiger partial charge in [0.25, 0.3) is 5.89 Å². The Labute approximate surface area is 158 Å². The Morgan fingerprint density at radius 3 is 3.00 bits per heavy atom. The number of aromatic nitrogens is 2. The second-order valence-electron chi connectivity index (χ2n) is 7.14. The van der Waals surface area contributed by atoms with E-state index in [-0.39, 0.29) is 18.6 Å². The van der Waals surface area contributed by atoms with E-state index >= 15 is 0 Å². The van der Waals surface area contributed by atoms with Crippen molar-refractivity contribution in [3.05, 3.63) is 46.6 Å². The van der Waals surface area contributed by atoms with E-state index in [9.17, 15) is 4.79 Å². The normalized spacial score (nSPS) is 19.7. The Hall–Kier alpha value is -2.25. The van der Waals surface area contributed by atoms with E-state index < -0.39 is 0 Å². The molecule has 0 bridgehead atoms. The Morgan fingerprint density at radius 2 is 2.15 bits per heavy atom. The SMILES string of the molecule is COCc1nc([C@H]2COCCN2C(=O)Cc2ccc3c(c2)CCCC3)no1. The Balaban J connectivity index is 1.48. The van der Waals surface area contributed by atoms with Crippen LogP contribution in [0.2, 0.25) is 0 Å². The average molecular weight is 371 g/mol. The van der Waals surface area contributed by atoms with Gasteiger partial charge in [-0.3, -0.25) is 4.79 Å². The van der Waals surface area contributed by atoms with Gasteiger partial charge in [0.15, 0.2) is 5.82 Å². The molecule has 0 saturated carbocycles. The van der Waals surface area contributed by atoms with Crippen LogP contribution in [0, 0.1) is 0 Å². The molecular weight excluding hydrogens is 346 g/mol. The van der Waals surface area contributed by atoms with Crippen molar-refractivity contribution >= 4 is 5.91 Å². The summed E-state index contributed by atoms with van der Waals surface area (Å²) in [7, 11) is 1.57. The number of nitrogens with zero attached hydrogens (tertiary/aromatic N) is 3. The highest BCUT2D eigenvalue weighted by atomic mass is 16.5. The molecular formula is C20H25N3O4. The molecule has 0 N–H and O–H groups in total. The lowest BCUT2D eigenvalue weighted by Crippen LogP contribution is -2.44. The molecule has 7 nitrogen and oxygen atoms in total. The minimum Gasteiger partial charge on any atom is -0.377 e. The Kier molecular flexibility index (Phi) is 5.50. The van der Waals surface area contributed by atoms with Gasteiger partial charge in [0, 0.05) is 13.7 Å². The predicted molar refractivity (Wildman–Crippen MR) is 97.1 cm³/mol. The van der Waals surface area contributed by atoms with Gasteiger partial charge in [0.05, 0.1) is 19.6 Å². The predicted octanol–water partition coefficient (Wildman–Crippen LogP) is 2.24. The molecule has 4 rings (SSSR count). The molecule has 2 heterocycles. The quantitative estimate of drug-likeness (QED) is 0.802. The summed E-state index contributed by atoms with van der Waals surface area (Å²) in [4.78, 5) is 19.2. The molecule has 1 amide bonds. The van der Waals surface area contributed by atoms with Gasteiger partial charge in [0.2, 0.25) is 5.91 Å². The van der Waals surface area contributed by atoms with E-state index in [1.165, 1.54) is 24.0 Å². The number of hydrogen-bond donors (Lipinski definition) is 0. The highest BCUT2D eigenvalue weighted by molar-refractivity contribution is 5.79. The van der Waals surface area contributed by atoms with Crippen molar-refractivity contribution in [2.24, 2.45) is 0 Å². The number of aryl methyl sites for hydroxylation is 2. The molecule has 0 unspecified atom stereocenters. The summed E-state index contributed by atoms with van der Waals surface area (Å²) < 4.78 is 15.8. The number of ether oxygens (including phenoxy) is 2. The van der Waals surface area contributed by atoms with Crippen LogP contribution < -0.4 is 0 Å². The third-order valence-corrected chi connectivity index (χ3v) is 5.27. The van der Waals surface area contributed by atoms with Crippen molar-refractivity contribution in [3.63, 3.8) is 0 Å². The number of hydrogen-bond acceptors (Lipinski definition) is 6. The molecule has 1 fully saturated rings. The van der Waals surface area contributed by atoms with Crippen molar-refractivity contribution in [1.29, 1.82) is 0 Å². The van der Waals surface area contributed by atoms with Crippen LogP contribution in [0.25, 0.3) is 0 Å². The van der Waals surface area contributed by atoms with Gasteiger partial charge < -0.3 is 18.9 Å². The van der Waals surface area contributed by atoms with E-state index in [0.717, 1.165) is 18.4 Å². The number of morpholine rings is 1. The smallest absolute Gasteiger partial charge is 0.252 e. The van der Waals surface area contributed by atoms with E-state index in [0.29, 0.717) is 37.9 Å². The first-order valence-corrected chi connectivity index (χ1v) is 9.54. The van der Waals surface area contributed by atoms with Crippen molar-refractivity contribution in [1.82, 2.24) is 15.0 Å². The van der Waals surface area contributed by atoms with Gasteiger partial charge in [-0.15, -0.1) is 0 Å². The first kappa shape index (κ1) is 18.1. The van der Waals surface area contributed by atoms with Gasteiger partial charge in [-0.25, -0.2) is 0 Å². The monoisotopic (exact) mass is 371 g/mol. The molecule has 27 heavy (non-hydrogen) atoms. The molecule has 1 aromatic heterocycles. The average Bonchev–Trinajstić information content (AvgIpc) is 3.17. The maximum absolute atomic E-state index is 13.0. The minimum atomic E-state index is -0.321. The third kappa shape index (κ3) is 4.04. The molecule has 2 aliphatic rings. The van der Waals surface area contributed by atoms with Gasteiger partial charge in [0.1, 0.15) is 12.6 Å². The number of carbonyl (C=O) groups is 1. The van der Waals surface area contributed by atoms with Gasteiger partial charge in [-0.2, -0.15) is 4.98 Å². The van der Waals surface area contributed by atoms with Crippen LogP contribution in [0.15, 0.2) is 22.7 Å². The molecule has 1 aliphatic heterocycles. The van der Waals surface area contributed by atoms with Crippen molar-refractivity contribution in [3.8, 4) is 0 Å². The fourth-order valence-electron chi connectivity index (χ4n) is 3.87. The molecule has 0 radical (unpaired) electrons. The molecule has 7 heteroatoms. The summed E-state index contributed by atoms with van der Waals surface area (Å²) in [6.07, 6.45) is 5.14. The van der Waals surface area contributed by atoms with Crippen LogP contribution in [-0.4, -0.2) is 47.8 Å². The largest absolute Gasteiger partial charge is 0.377 e. The first-order valence-electron chi connectivity index (χ1n) is 9.54. The molecule has 0 spiro atoms. The summed E-state index contributed by atoms with van der Waals surface area (Å²) >= 11 is 0. The second kappa shape index (κ2) is 8.19. The molecule has 1 aliphatic carbocycles. The minimum absolute atomic E-state index is 0.0668. The third-order valence-electron chi connectivity index (χ3n) is 5.27. The zero-order chi connectivity index (χ0) is 18.6. The van der Waals surface area contributed by atoms with Gasteiger partial charge in [-0.05, 0) is 42.4 Å². The number of fused-ring (bicyclic) bond motifs is 1. The number of rotatable bonds is 5. The van der Waals surface area contributed by atoms with Crippen LogP contribution in [0.1, 0.15) is 47.3 Å². The van der Waals surface area contributed by atoms with Crippen molar-refractivity contribution in [2.75, 3.05) is 26.9 Å². The van der Waals surface area contributed by atoms with Crippen LogP contribution in [0.4, 0.5) is 0 Å². The van der Waals surface area contributed by atoms with Crippen LogP contribution in [0.3, 0.4) is 0 Å². The summed E-state index contributed by atoms with van der Waals surface area (Å²) in [6.45, 7) is 1.68. The zero-order valence-corrected chi connectivity index (χ0v) is 15.6.